The number of amides is 1. The third-order valence-corrected chi connectivity index (χ3v) is 3.95. The van der Waals surface area contributed by atoms with Crippen molar-refractivity contribution in [2.45, 2.75) is 33.1 Å². The van der Waals surface area contributed by atoms with E-state index in [0.29, 0.717) is 19.5 Å². The number of likely N-dealkylation sites (tertiary alicyclic amines) is 1. The summed E-state index contributed by atoms with van der Waals surface area (Å²) in [6.07, 6.45) is 1.37. The Labute approximate surface area is 119 Å². The smallest absolute Gasteiger partial charge is 0.303 e. The summed E-state index contributed by atoms with van der Waals surface area (Å²) in [7, 11) is 0. The molecule has 108 valence electrons. The standard InChI is InChI=1S/C16H21NO3/c1-11-3-4-12(2)14(7-11)9-15(18)17-6-5-13(10-17)8-16(19)20/h3-4,7,13H,5-6,8-10H2,1-2H3,(H,19,20). The van der Waals surface area contributed by atoms with Gasteiger partial charge in [-0.15, -0.1) is 0 Å². The van der Waals surface area contributed by atoms with E-state index in [4.69, 9.17) is 5.11 Å². The van der Waals surface area contributed by atoms with E-state index in [1.165, 1.54) is 0 Å². The topological polar surface area (TPSA) is 57.6 Å². The maximum absolute atomic E-state index is 12.3. The van der Waals surface area contributed by atoms with Crippen LogP contribution in [-0.2, 0) is 16.0 Å². The summed E-state index contributed by atoms with van der Waals surface area (Å²) in [6.45, 7) is 5.29. The molecule has 0 saturated carbocycles. The lowest BCUT2D eigenvalue weighted by atomic mass is 10.0. The van der Waals surface area contributed by atoms with Gasteiger partial charge in [0.15, 0.2) is 0 Å². The molecule has 1 amide bonds. The fourth-order valence-corrected chi connectivity index (χ4v) is 2.74. The number of aliphatic carboxylic acids is 1. The van der Waals surface area contributed by atoms with Crippen LogP contribution in [0.15, 0.2) is 18.2 Å². The summed E-state index contributed by atoms with van der Waals surface area (Å²) in [5.41, 5.74) is 3.35. The minimum atomic E-state index is -0.779. The van der Waals surface area contributed by atoms with Crippen molar-refractivity contribution in [3.8, 4) is 0 Å². The molecule has 1 aromatic rings. The van der Waals surface area contributed by atoms with Crippen molar-refractivity contribution in [3.05, 3.63) is 34.9 Å². The molecule has 1 aliphatic rings. The lowest BCUT2D eigenvalue weighted by molar-refractivity contribution is -0.138. The largest absolute Gasteiger partial charge is 0.481 e. The summed E-state index contributed by atoms with van der Waals surface area (Å²) in [5, 5.41) is 8.80. The van der Waals surface area contributed by atoms with Crippen LogP contribution in [0.1, 0.15) is 29.5 Å². The molecule has 1 aromatic carbocycles. The molecule has 1 aliphatic heterocycles. The fourth-order valence-electron chi connectivity index (χ4n) is 2.74. The van der Waals surface area contributed by atoms with Crippen LogP contribution < -0.4 is 0 Å². The van der Waals surface area contributed by atoms with Crippen LogP contribution in [0.3, 0.4) is 0 Å². The molecule has 0 aliphatic carbocycles. The molecular formula is C16H21NO3. The first-order chi connectivity index (χ1) is 9.45. The highest BCUT2D eigenvalue weighted by molar-refractivity contribution is 5.79. The number of hydrogen-bond donors (Lipinski definition) is 1. The second-order valence-electron chi connectivity index (χ2n) is 5.70. The molecule has 1 heterocycles. The Morgan fingerprint density at radius 1 is 1.35 bits per heavy atom. The fraction of sp³-hybridized carbons (Fsp3) is 0.500. The van der Waals surface area contributed by atoms with Crippen LogP contribution >= 0.6 is 0 Å². The van der Waals surface area contributed by atoms with E-state index in [1.54, 1.807) is 4.90 Å². The number of aryl methyl sites for hydroxylation is 2. The SMILES string of the molecule is Cc1ccc(C)c(CC(=O)N2CCC(CC(=O)O)C2)c1. The number of carboxylic acids is 1. The molecule has 1 unspecified atom stereocenters. The van der Waals surface area contributed by atoms with Gasteiger partial charge in [0.1, 0.15) is 0 Å². The van der Waals surface area contributed by atoms with Gasteiger partial charge in [-0.25, -0.2) is 0 Å². The Kier molecular flexibility index (Phi) is 4.42. The van der Waals surface area contributed by atoms with E-state index in [0.717, 1.165) is 23.1 Å². The summed E-state index contributed by atoms with van der Waals surface area (Å²) < 4.78 is 0. The quantitative estimate of drug-likeness (QED) is 0.916. The van der Waals surface area contributed by atoms with Crippen LogP contribution in [0.25, 0.3) is 0 Å². The zero-order valence-corrected chi connectivity index (χ0v) is 12.1. The molecule has 2 rings (SSSR count). The third kappa shape index (κ3) is 3.59. The van der Waals surface area contributed by atoms with E-state index in [9.17, 15) is 9.59 Å². The molecule has 4 nitrogen and oxygen atoms in total. The Morgan fingerprint density at radius 2 is 2.10 bits per heavy atom. The first kappa shape index (κ1) is 14.6. The van der Waals surface area contributed by atoms with Crippen LogP contribution in [0.5, 0.6) is 0 Å². The van der Waals surface area contributed by atoms with Crippen molar-refractivity contribution in [1.29, 1.82) is 0 Å². The Morgan fingerprint density at radius 3 is 2.80 bits per heavy atom. The predicted octanol–water partition coefficient (Wildman–Crippen LogP) is 2.17. The zero-order chi connectivity index (χ0) is 14.7. The molecule has 1 N–H and O–H groups in total. The van der Waals surface area contributed by atoms with Gasteiger partial charge >= 0.3 is 5.97 Å². The third-order valence-electron chi connectivity index (χ3n) is 3.95. The Balaban J connectivity index is 1.96. The highest BCUT2D eigenvalue weighted by Crippen LogP contribution is 2.21. The highest BCUT2D eigenvalue weighted by Gasteiger charge is 2.27. The Bertz CT molecular complexity index is 524. The monoisotopic (exact) mass is 275 g/mol. The van der Waals surface area contributed by atoms with Crippen molar-refractivity contribution < 1.29 is 14.7 Å². The average molecular weight is 275 g/mol. The summed E-state index contributed by atoms with van der Waals surface area (Å²) in [4.78, 5) is 24.8. The number of nitrogens with zero attached hydrogens (tertiary/aromatic N) is 1. The molecule has 20 heavy (non-hydrogen) atoms. The molecule has 1 atom stereocenters. The molecule has 0 radical (unpaired) electrons. The molecule has 0 spiro atoms. The van der Waals surface area contributed by atoms with E-state index in [1.807, 2.05) is 26.0 Å². The molecular weight excluding hydrogens is 254 g/mol. The van der Waals surface area contributed by atoms with E-state index < -0.39 is 5.97 Å². The number of carbonyl (C=O) groups is 2. The first-order valence-corrected chi connectivity index (χ1v) is 7.01. The van der Waals surface area contributed by atoms with Crippen molar-refractivity contribution in [3.63, 3.8) is 0 Å². The number of rotatable bonds is 4. The average Bonchev–Trinajstić information content (AvgIpc) is 2.81. The molecule has 4 heteroatoms. The van der Waals surface area contributed by atoms with Gasteiger partial charge in [0.05, 0.1) is 6.42 Å². The van der Waals surface area contributed by atoms with Gasteiger partial charge in [-0.05, 0) is 37.3 Å². The van der Waals surface area contributed by atoms with Crippen LogP contribution in [0.4, 0.5) is 0 Å². The minimum absolute atomic E-state index is 0.103. The van der Waals surface area contributed by atoms with E-state index in [-0.39, 0.29) is 18.2 Å². The van der Waals surface area contributed by atoms with Crippen LogP contribution in [-0.4, -0.2) is 35.0 Å². The molecule has 0 bridgehead atoms. The minimum Gasteiger partial charge on any atom is -0.481 e. The van der Waals surface area contributed by atoms with Gasteiger partial charge in [0.2, 0.25) is 5.91 Å². The second kappa shape index (κ2) is 6.07. The van der Waals surface area contributed by atoms with E-state index >= 15 is 0 Å². The summed E-state index contributed by atoms with van der Waals surface area (Å²) >= 11 is 0. The number of hydrogen-bond acceptors (Lipinski definition) is 2. The van der Waals surface area contributed by atoms with Crippen molar-refractivity contribution in [1.82, 2.24) is 4.90 Å². The van der Waals surface area contributed by atoms with Gasteiger partial charge in [-0.2, -0.15) is 0 Å². The van der Waals surface area contributed by atoms with Gasteiger partial charge in [-0.1, -0.05) is 23.8 Å². The second-order valence-corrected chi connectivity index (χ2v) is 5.70. The molecule has 0 aromatic heterocycles. The van der Waals surface area contributed by atoms with Crippen molar-refractivity contribution in [2.75, 3.05) is 13.1 Å². The van der Waals surface area contributed by atoms with E-state index in [2.05, 4.69) is 6.07 Å². The van der Waals surface area contributed by atoms with Gasteiger partial charge in [-0.3, -0.25) is 9.59 Å². The number of carbonyl (C=O) groups excluding carboxylic acids is 1. The van der Waals surface area contributed by atoms with Gasteiger partial charge in [0, 0.05) is 19.5 Å². The Hall–Kier alpha value is -1.84. The van der Waals surface area contributed by atoms with Crippen LogP contribution in [0, 0.1) is 19.8 Å². The zero-order valence-electron chi connectivity index (χ0n) is 12.1. The number of carboxylic acid groups (broad SMARTS) is 1. The van der Waals surface area contributed by atoms with Gasteiger partial charge < -0.3 is 10.0 Å². The van der Waals surface area contributed by atoms with Crippen molar-refractivity contribution >= 4 is 11.9 Å². The predicted molar refractivity (Wildman–Crippen MR) is 76.6 cm³/mol. The normalized spacial score (nSPS) is 18.3. The maximum Gasteiger partial charge on any atom is 0.303 e. The highest BCUT2D eigenvalue weighted by atomic mass is 16.4. The maximum atomic E-state index is 12.3. The lowest BCUT2D eigenvalue weighted by Crippen LogP contribution is -2.30. The summed E-state index contributed by atoms with van der Waals surface area (Å²) in [6, 6.07) is 6.13. The summed E-state index contributed by atoms with van der Waals surface area (Å²) in [5.74, 6) is -0.569. The molecule has 1 fully saturated rings. The van der Waals surface area contributed by atoms with Crippen molar-refractivity contribution in [2.24, 2.45) is 5.92 Å². The van der Waals surface area contributed by atoms with Crippen LogP contribution in [0.2, 0.25) is 0 Å². The van der Waals surface area contributed by atoms with Gasteiger partial charge in [0.25, 0.3) is 0 Å². The lowest BCUT2D eigenvalue weighted by Gasteiger charge is -2.17. The number of benzene rings is 1. The molecule has 1 saturated heterocycles. The first-order valence-electron chi connectivity index (χ1n) is 7.01.